The summed E-state index contributed by atoms with van der Waals surface area (Å²) in [5, 5.41) is 1.41. The van der Waals surface area contributed by atoms with E-state index in [4.69, 9.17) is 16.3 Å². The fourth-order valence-electron chi connectivity index (χ4n) is 2.40. The van der Waals surface area contributed by atoms with E-state index in [9.17, 15) is 0 Å². The highest BCUT2D eigenvalue weighted by Gasteiger charge is 2.06. The maximum atomic E-state index is 5.95. The zero-order valence-corrected chi connectivity index (χ0v) is 14.7. The number of pyridine rings is 1. The number of aromatic nitrogens is 3. The number of hydrogen-bond acceptors (Lipinski definition) is 4. The summed E-state index contributed by atoms with van der Waals surface area (Å²) in [6, 6.07) is 19.6. The molecule has 0 spiro atoms. The van der Waals surface area contributed by atoms with E-state index in [0.717, 1.165) is 33.5 Å². The Morgan fingerprint density at radius 1 is 1.00 bits per heavy atom. The van der Waals surface area contributed by atoms with Crippen LogP contribution < -0.4 is 4.74 Å². The average Bonchev–Trinajstić information content (AvgIpc) is 3.03. The maximum Gasteiger partial charge on any atom is 0.178 e. The fraction of sp³-hybridized carbons (Fsp3) is 0.0526. The van der Waals surface area contributed by atoms with E-state index >= 15 is 0 Å². The molecule has 25 heavy (non-hydrogen) atoms. The van der Waals surface area contributed by atoms with Crippen molar-refractivity contribution in [1.82, 2.24) is 15.0 Å². The van der Waals surface area contributed by atoms with E-state index in [0.29, 0.717) is 10.7 Å². The molecule has 0 saturated carbocycles. The lowest BCUT2D eigenvalue weighted by molar-refractivity contribution is 0.482. The summed E-state index contributed by atoms with van der Waals surface area (Å²) < 4.78 is 5.87. The standard InChI is InChI=1S/C19H14ClN3OS/c20-14-10-17-18(21-11-14)23-19(22-17)25-12-13-5-4-8-16(9-13)24-15-6-2-1-3-7-15/h1-11H,12H2,(H,21,22,23). The van der Waals surface area contributed by atoms with E-state index in [1.165, 1.54) is 0 Å². The van der Waals surface area contributed by atoms with Gasteiger partial charge >= 0.3 is 0 Å². The highest BCUT2D eigenvalue weighted by molar-refractivity contribution is 7.98. The molecule has 124 valence electrons. The minimum atomic E-state index is 0.596. The molecular formula is C19H14ClN3OS. The summed E-state index contributed by atoms with van der Waals surface area (Å²) in [6.45, 7) is 0. The summed E-state index contributed by atoms with van der Waals surface area (Å²) >= 11 is 7.57. The van der Waals surface area contributed by atoms with Gasteiger partial charge in [0.05, 0.1) is 10.5 Å². The normalized spacial score (nSPS) is 10.9. The van der Waals surface area contributed by atoms with E-state index in [1.54, 1.807) is 18.0 Å². The summed E-state index contributed by atoms with van der Waals surface area (Å²) in [7, 11) is 0. The van der Waals surface area contributed by atoms with Gasteiger partial charge in [0.15, 0.2) is 10.8 Å². The summed E-state index contributed by atoms with van der Waals surface area (Å²) in [6.07, 6.45) is 1.60. The number of rotatable bonds is 5. The van der Waals surface area contributed by atoms with Crippen molar-refractivity contribution in [2.75, 3.05) is 0 Å². The molecule has 0 unspecified atom stereocenters. The van der Waals surface area contributed by atoms with Crippen molar-refractivity contribution >= 4 is 34.5 Å². The minimum absolute atomic E-state index is 0.596. The van der Waals surface area contributed by atoms with Crippen LogP contribution in [0, 0.1) is 0 Å². The lowest BCUT2D eigenvalue weighted by Crippen LogP contribution is -1.86. The van der Waals surface area contributed by atoms with Crippen molar-refractivity contribution in [1.29, 1.82) is 0 Å². The van der Waals surface area contributed by atoms with E-state index in [1.807, 2.05) is 54.6 Å². The van der Waals surface area contributed by atoms with Gasteiger partial charge in [-0.2, -0.15) is 0 Å². The van der Waals surface area contributed by atoms with Gasteiger partial charge in [0.25, 0.3) is 0 Å². The molecule has 0 bridgehead atoms. The van der Waals surface area contributed by atoms with Crippen LogP contribution in [-0.2, 0) is 5.75 Å². The molecule has 0 atom stereocenters. The third-order valence-electron chi connectivity index (χ3n) is 3.54. The van der Waals surface area contributed by atoms with Crippen molar-refractivity contribution in [2.45, 2.75) is 10.9 Å². The number of imidazole rings is 1. The van der Waals surface area contributed by atoms with E-state index < -0.39 is 0 Å². The van der Waals surface area contributed by atoms with Gasteiger partial charge in [0, 0.05) is 11.9 Å². The zero-order chi connectivity index (χ0) is 17.1. The van der Waals surface area contributed by atoms with Crippen molar-refractivity contribution < 1.29 is 4.74 Å². The van der Waals surface area contributed by atoms with Crippen LogP contribution in [0.2, 0.25) is 5.02 Å². The molecule has 0 amide bonds. The average molecular weight is 368 g/mol. The second kappa shape index (κ2) is 7.17. The molecule has 0 aliphatic heterocycles. The third-order valence-corrected chi connectivity index (χ3v) is 4.69. The van der Waals surface area contributed by atoms with Gasteiger partial charge < -0.3 is 9.72 Å². The topological polar surface area (TPSA) is 50.8 Å². The first-order chi connectivity index (χ1) is 12.3. The highest BCUT2D eigenvalue weighted by atomic mass is 35.5. The third kappa shape index (κ3) is 3.95. The predicted molar refractivity (Wildman–Crippen MR) is 101 cm³/mol. The number of ether oxygens (including phenoxy) is 1. The SMILES string of the molecule is Clc1cnc2nc(SCc3cccc(Oc4ccccc4)c3)[nH]c2c1. The second-order valence-electron chi connectivity index (χ2n) is 5.42. The summed E-state index contributed by atoms with van der Waals surface area (Å²) in [5.41, 5.74) is 2.68. The number of aromatic amines is 1. The van der Waals surface area contributed by atoms with Crippen LogP contribution in [0.25, 0.3) is 11.2 Å². The number of nitrogens with zero attached hydrogens (tertiary/aromatic N) is 2. The number of fused-ring (bicyclic) bond motifs is 1. The number of thioether (sulfide) groups is 1. The van der Waals surface area contributed by atoms with Gasteiger partial charge in [0.2, 0.25) is 0 Å². The monoisotopic (exact) mass is 367 g/mol. The molecule has 6 heteroatoms. The van der Waals surface area contributed by atoms with Gasteiger partial charge in [-0.1, -0.05) is 53.7 Å². The van der Waals surface area contributed by atoms with Crippen molar-refractivity contribution in [3.63, 3.8) is 0 Å². The largest absolute Gasteiger partial charge is 0.457 e. The first kappa shape index (κ1) is 16.0. The highest BCUT2D eigenvalue weighted by Crippen LogP contribution is 2.27. The number of benzene rings is 2. The van der Waals surface area contributed by atoms with Crippen LogP contribution in [-0.4, -0.2) is 15.0 Å². The zero-order valence-electron chi connectivity index (χ0n) is 13.1. The first-order valence-electron chi connectivity index (χ1n) is 7.72. The fourth-order valence-corrected chi connectivity index (χ4v) is 3.37. The molecule has 2 aromatic heterocycles. The summed E-state index contributed by atoms with van der Waals surface area (Å²) in [4.78, 5) is 11.9. The Bertz CT molecular complexity index is 1000. The van der Waals surface area contributed by atoms with Gasteiger partial charge in [0.1, 0.15) is 11.5 Å². The molecule has 2 aromatic carbocycles. The molecular weight excluding hydrogens is 354 g/mol. The van der Waals surface area contributed by atoms with Crippen LogP contribution in [0.15, 0.2) is 72.0 Å². The van der Waals surface area contributed by atoms with Gasteiger partial charge in [-0.3, -0.25) is 0 Å². The Kier molecular flexibility index (Phi) is 4.59. The van der Waals surface area contributed by atoms with Crippen molar-refractivity contribution in [3.05, 3.63) is 77.4 Å². The van der Waals surface area contributed by atoms with Crippen LogP contribution in [0.3, 0.4) is 0 Å². The Hall–Kier alpha value is -2.50. The molecule has 4 aromatic rings. The van der Waals surface area contributed by atoms with Crippen LogP contribution >= 0.6 is 23.4 Å². The molecule has 4 nitrogen and oxygen atoms in total. The molecule has 4 rings (SSSR count). The number of H-pyrrole nitrogens is 1. The van der Waals surface area contributed by atoms with Crippen LogP contribution in [0.5, 0.6) is 11.5 Å². The lowest BCUT2D eigenvalue weighted by atomic mass is 10.2. The molecule has 0 radical (unpaired) electrons. The van der Waals surface area contributed by atoms with Crippen LogP contribution in [0.4, 0.5) is 0 Å². The quantitative estimate of drug-likeness (QED) is 0.460. The Morgan fingerprint density at radius 3 is 2.72 bits per heavy atom. The first-order valence-corrected chi connectivity index (χ1v) is 9.08. The van der Waals surface area contributed by atoms with Crippen LogP contribution in [0.1, 0.15) is 5.56 Å². The Balaban J connectivity index is 1.46. The molecule has 0 fully saturated rings. The van der Waals surface area contributed by atoms with E-state index in [2.05, 4.69) is 21.0 Å². The molecule has 0 saturated heterocycles. The molecule has 2 heterocycles. The summed E-state index contributed by atoms with van der Waals surface area (Å²) in [5.74, 6) is 2.43. The van der Waals surface area contributed by atoms with Gasteiger partial charge in [-0.25, -0.2) is 9.97 Å². The predicted octanol–water partition coefficient (Wildman–Crippen LogP) is 5.70. The molecule has 0 aliphatic carbocycles. The Morgan fingerprint density at radius 2 is 1.84 bits per heavy atom. The number of hydrogen-bond donors (Lipinski definition) is 1. The lowest BCUT2D eigenvalue weighted by Gasteiger charge is -2.07. The number of nitrogens with one attached hydrogen (secondary N) is 1. The number of para-hydroxylation sites is 1. The van der Waals surface area contributed by atoms with Crippen molar-refractivity contribution in [2.24, 2.45) is 0 Å². The maximum absolute atomic E-state index is 5.95. The van der Waals surface area contributed by atoms with Gasteiger partial charge in [-0.05, 0) is 35.9 Å². The Labute approximate surface area is 154 Å². The number of halogens is 1. The van der Waals surface area contributed by atoms with E-state index in [-0.39, 0.29) is 0 Å². The van der Waals surface area contributed by atoms with Gasteiger partial charge in [-0.15, -0.1) is 0 Å². The molecule has 1 N–H and O–H groups in total. The second-order valence-corrected chi connectivity index (χ2v) is 6.82. The molecule has 0 aliphatic rings. The minimum Gasteiger partial charge on any atom is -0.457 e. The smallest absolute Gasteiger partial charge is 0.178 e. The van der Waals surface area contributed by atoms with Crippen molar-refractivity contribution in [3.8, 4) is 11.5 Å².